The fourth-order valence-corrected chi connectivity index (χ4v) is 3.31. The molecule has 2 aromatic heterocycles. The number of ether oxygens (including phenoxy) is 3. The summed E-state index contributed by atoms with van der Waals surface area (Å²) in [6.45, 7) is 0. The topological polar surface area (TPSA) is 57.9 Å². The van der Waals surface area contributed by atoms with Gasteiger partial charge in [-0.1, -0.05) is 12.1 Å². The highest BCUT2D eigenvalue weighted by molar-refractivity contribution is 5.72. The average molecular weight is 429 g/mol. The van der Waals surface area contributed by atoms with Crippen molar-refractivity contribution in [3.8, 4) is 39.8 Å². The molecular weight excluding hydrogens is 411 g/mol. The minimum Gasteiger partial charge on any atom is -0.493 e. The first-order valence-electron chi connectivity index (χ1n) is 9.18. The summed E-state index contributed by atoms with van der Waals surface area (Å²) in [4.78, 5) is 4.32. The largest absolute Gasteiger partial charge is 0.493 e. The standard InChI is InChI=1S/C22H18F3N3O3/c1-29-18-10-14(11-19(30-2)21(18)31-3)17-8-9-26-20-12-16(27-28(17)20)13-4-6-15(7-5-13)22(23,24)25/h4-12H,1-3H3. The van der Waals surface area contributed by atoms with Gasteiger partial charge in [-0.15, -0.1) is 0 Å². The van der Waals surface area contributed by atoms with Crippen molar-refractivity contribution >= 4 is 5.65 Å². The Kier molecular flexibility index (Phi) is 5.18. The van der Waals surface area contributed by atoms with Crippen molar-refractivity contribution in [2.75, 3.05) is 21.3 Å². The van der Waals surface area contributed by atoms with Gasteiger partial charge in [-0.2, -0.15) is 18.3 Å². The van der Waals surface area contributed by atoms with Crippen molar-refractivity contribution < 1.29 is 27.4 Å². The number of hydrogen-bond acceptors (Lipinski definition) is 5. The molecule has 9 heteroatoms. The molecule has 0 aliphatic rings. The molecule has 4 aromatic rings. The summed E-state index contributed by atoms with van der Waals surface area (Å²) >= 11 is 0. The molecule has 0 bridgehead atoms. The van der Waals surface area contributed by atoms with Crippen molar-refractivity contribution in [1.82, 2.24) is 14.6 Å². The van der Waals surface area contributed by atoms with Gasteiger partial charge in [0.2, 0.25) is 5.75 Å². The molecule has 0 fully saturated rings. The molecule has 0 atom stereocenters. The molecule has 4 rings (SSSR count). The van der Waals surface area contributed by atoms with Gasteiger partial charge in [0.1, 0.15) is 0 Å². The number of hydrogen-bond donors (Lipinski definition) is 0. The van der Waals surface area contributed by atoms with Crippen molar-refractivity contribution in [1.29, 1.82) is 0 Å². The van der Waals surface area contributed by atoms with Crippen LogP contribution in [-0.4, -0.2) is 35.9 Å². The second-order valence-electron chi connectivity index (χ2n) is 6.62. The third kappa shape index (κ3) is 3.74. The van der Waals surface area contributed by atoms with Gasteiger partial charge in [-0.25, -0.2) is 9.50 Å². The van der Waals surface area contributed by atoms with Gasteiger partial charge in [-0.05, 0) is 30.3 Å². The normalized spacial score (nSPS) is 11.5. The van der Waals surface area contributed by atoms with E-state index in [1.54, 1.807) is 35.0 Å². The Balaban J connectivity index is 1.82. The lowest BCUT2D eigenvalue weighted by Gasteiger charge is -2.14. The predicted molar refractivity (Wildman–Crippen MR) is 109 cm³/mol. The molecule has 2 aromatic carbocycles. The maximum Gasteiger partial charge on any atom is 0.416 e. The van der Waals surface area contributed by atoms with Crippen LogP contribution in [0, 0.1) is 0 Å². The molecule has 0 saturated heterocycles. The number of fused-ring (bicyclic) bond motifs is 1. The van der Waals surface area contributed by atoms with Crippen LogP contribution in [0.5, 0.6) is 17.2 Å². The second kappa shape index (κ2) is 7.82. The summed E-state index contributed by atoms with van der Waals surface area (Å²) in [5.41, 5.74) is 2.32. The summed E-state index contributed by atoms with van der Waals surface area (Å²) in [6, 6.07) is 11.9. The molecule has 0 spiro atoms. The van der Waals surface area contributed by atoms with Gasteiger partial charge >= 0.3 is 6.18 Å². The zero-order valence-corrected chi connectivity index (χ0v) is 16.9. The average Bonchev–Trinajstić information content (AvgIpc) is 3.22. The van der Waals surface area contributed by atoms with Gasteiger partial charge in [0.25, 0.3) is 0 Å². The van der Waals surface area contributed by atoms with Crippen molar-refractivity contribution in [3.63, 3.8) is 0 Å². The molecule has 6 nitrogen and oxygen atoms in total. The Morgan fingerprint density at radius 3 is 2.00 bits per heavy atom. The van der Waals surface area contributed by atoms with Crippen LogP contribution in [-0.2, 0) is 6.18 Å². The lowest BCUT2D eigenvalue weighted by atomic mass is 10.1. The molecule has 0 N–H and O–H groups in total. The molecule has 2 heterocycles. The van der Waals surface area contributed by atoms with Gasteiger partial charge in [0.15, 0.2) is 17.1 Å². The second-order valence-corrected chi connectivity index (χ2v) is 6.62. The zero-order valence-electron chi connectivity index (χ0n) is 16.9. The van der Waals surface area contributed by atoms with Crippen molar-refractivity contribution in [2.24, 2.45) is 0 Å². The van der Waals surface area contributed by atoms with Crippen LogP contribution in [0.4, 0.5) is 13.2 Å². The highest BCUT2D eigenvalue weighted by Crippen LogP contribution is 2.41. The van der Waals surface area contributed by atoms with Crippen molar-refractivity contribution in [3.05, 3.63) is 60.3 Å². The van der Waals surface area contributed by atoms with Crippen LogP contribution < -0.4 is 14.2 Å². The van der Waals surface area contributed by atoms with E-state index in [2.05, 4.69) is 10.1 Å². The first kappa shape index (κ1) is 20.5. The molecule has 0 unspecified atom stereocenters. The van der Waals surface area contributed by atoms with E-state index in [0.29, 0.717) is 39.8 Å². The molecule has 0 radical (unpaired) electrons. The molecule has 0 aliphatic carbocycles. The fraction of sp³-hybridized carbons (Fsp3) is 0.182. The first-order valence-corrected chi connectivity index (χ1v) is 9.18. The summed E-state index contributed by atoms with van der Waals surface area (Å²) in [6.07, 6.45) is -2.76. The first-order chi connectivity index (χ1) is 14.9. The van der Waals surface area contributed by atoms with Crippen molar-refractivity contribution in [2.45, 2.75) is 6.18 Å². The summed E-state index contributed by atoms with van der Waals surface area (Å²) in [5, 5.41) is 4.56. The Morgan fingerprint density at radius 1 is 0.806 bits per heavy atom. The number of benzene rings is 2. The van der Waals surface area contributed by atoms with E-state index < -0.39 is 11.7 Å². The Bertz CT molecular complexity index is 1210. The van der Waals surface area contributed by atoms with E-state index in [9.17, 15) is 13.2 Å². The highest BCUT2D eigenvalue weighted by atomic mass is 19.4. The summed E-state index contributed by atoms with van der Waals surface area (Å²) < 4.78 is 56.4. The van der Waals surface area contributed by atoms with Crippen LogP contribution in [0.1, 0.15) is 5.56 Å². The van der Waals surface area contributed by atoms with Gasteiger partial charge in [0.05, 0.1) is 38.3 Å². The van der Waals surface area contributed by atoms with Crippen LogP contribution in [0.25, 0.3) is 28.2 Å². The fourth-order valence-electron chi connectivity index (χ4n) is 3.31. The SMILES string of the molecule is COc1cc(-c2ccnc3cc(-c4ccc(C(F)(F)F)cc4)nn23)cc(OC)c1OC. The van der Waals surface area contributed by atoms with Crippen LogP contribution in [0.2, 0.25) is 0 Å². The number of methoxy groups -OCH3 is 3. The highest BCUT2D eigenvalue weighted by Gasteiger charge is 2.30. The monoisotopic (exact) mass is 429 g/mol. The van der Waals surface area contributed by atoms with E-state index in [-0.39, 0.29) is 0 Å². The maximum absolute atomic E-state index is 12.8. The van der Waals surface area contributed by atoms with Gasteiger partial charge in [0, 0.05) is 23.4 Å². The molecule has 160 valence electrons. The van der Waals surface area contributed by atoms with E-state index in [1.165, 1.54) is 33.5 Å². The lowest BCUT2D eigenvalue weighted by Crippen LogP contribution is -2.04. The summed E-state index contributed by atoms with van der Waals surface area (Å²) in [7, 11) is 4.58. The molecule has 0 amide bonds. The number of aromatic nitrogens is 3. The Labute approximate surface area is 175 Å². The van der Waals surface area contributed by atoms with Crippen LogP contribution in [0.3, 0.4) is 0 Å². The number of alkyl halides is 3. The minimum absolute atomic E-state index is 0.463. The quantitative estimate of drug-likeness (QED) is 0.441. The van der Waals surface area contributed by atoms with E-state index in [0.717, 1.165) is 17.7 Å². The molecule has 0 saturated carbocycles. The molecule has 31 heavy (non-hydrogen) atoms. The van der Waals surface area contributed by atoms with E-state index >= 15 is 0 Å². The number of halogens is 3. The molecule has 0 aliphatic heterocycles. The smallest absolute Gasteiger partial charge is 0.416 e. The van der Waals surface area contributed by atoms with Crippen LogP contribution in [0.15, 0.2) is 54.7 Å². The number of rotatable bonds is 5. The maximum atomic E-state index is 12.8. The minimum atomic E-state index is -4.39. The third-order valence-corrected chi connectivity index (χ3v) is 4.83. The predicted octanol–water partition coefficient (Wildman–Crippen LogP) is 5.11. The Morgan fingerprint density at radius 2 is 1.45 bits per heavy atom. The Hall–Kier alpha value is -3.75. The van der Waals surface area contributed by atoms with Crippen LogP contribution >= 0.6 is 0 Å². The lowest BCUT2D eigenvalue weighted by molar-refractivity contribution is -0.137. The van der Waals surface area contributed by atoms with Gasteiger partial charge < -0.3 is 14.2 Å². The van der Waals surface area contributed by atoms with E-state index in [1.807, 2.05) is 0 Å². The van der Waals surface area contributed by atoms with E-state index in [4.69, 9.17) is 14.2 Å². The number of nitrogens with zero attached hydrogens (tertiary/aromatic N) is 3. The summed E-state index contributed by atoms with van der Waals surface area (Å²) in [5.74, 6) is 1.43. The molecular formula is C22H18F3N3O3. The third-order valence-electron chi connectivity index (χ3n) is 4.83. The van der Waals surface area contributed by atoms with Gasteiger partial charge in [-0.3, -0.25) is 0 Å². The zero-order chi connectivity index (χ0) is 22.2.